The number of H-pyrrole nitrogens is 1. The topological polar surface area (TPSA) is 67.6 Å². The molecular weight excluding hydrogens is 394 g/mol. The van der Waals surface area contributed by atoms with Gasteiger partial charge in [0.1, 0.15) is 5.58 Å². The molecule has 5 nitrogen and oxygen atoms in total. The predicted octanol–water partition coefficient (Wildman–Crippen LogP) is 4.44. The minimum absolute atomic E-state index is 0.133. The van der Waals surface area contributed by atoms with Crippen LogP contribution in [-0.2, 0) is 12.8 Å². The van der Waals surface area contributed by atoms with Crippen LogP contribution in [0.5, 0.6) is 0 Å². The van der Waals surface area contributed by atoms with E-state index in [1.165, 1.54) is 6.07 Å². The molecule has 0 unspecified atom stereocenters. The molecule has 2 heterocycles. The van der Waals surface area contributed by atoms with Gasteiger partial charge < -0.3 is 4.42 Å². The molecule has 0 atom stereocenters. The molecule has 0 saturated carbocycles. The van der Waals surface area contributed by atoms with Crippen LogP contribution in [0, 0.1) is 11.6 Å². The van der Waals surface area contributed by atoms with Crippen LogP contribution in [0.4, 0.5) is 8.78 Å². The van der Waals surface area contributed by atoms with E-state index in [1.54, 1.807) is 6.07 Å². The minimum Gasteiger partial charge on any atom is -0.453 e. The van der Waals surface area contributed by atoms with Gasteiger partial charge in [0.05, 0.1) is 4.47 Å². The third kappa shape index (κ3) is 3.17. The number of nitrogens with one attached hydrogen (secondary N) is 1. The van der Waals surface area contributed by atoms with Crippen molar-refractivity contribution in [3.05, 3.63) is 63.6 Å². The normalized spacial score (nSPS) is 11.3. The van der Waals surface area contributed by atoms with Crippen LogP contribution < -0.4 is 0 Å². The largest absolute Gasteiger partial charge is 0.453 e. The molecule has 4 aromatic rings. The highest BCUT2D eigenvalue weighted by atomic mass is 79.9. The van der Waals surface area contributed by atoms with E-state index in [-0.39, 0.29) is 4.47 Å². The Morgan fingerprint density at radius 3 is 2.64 bits per heavy atom. The molecule has 2 aromatic carbocycles. The standard InChI is InChI=1S/C17H11BrF2N4O/c18-12-5-10(6-13(19)16(12)20)2-1-9-3-4-11-8-15(25-14(11)7-9)17-21-23-24-22-17/h3-8H,1-2H2,(H,21,22,23,24). The number of furan rings is 1. The van der Waals surface area contributed by atoms with Crippen LogP contribution in [0.15, 0.2) is 45.3 Å². The van der Waals surface area contributed by atoms with Gasteiger partial charge >= 0.3 is 0 Å². The molecule has 0 aliphatic carbocycles. The van der Waals surface area contributed by atoms with E-state index in [9.17, 15) is 8.78 Å². The minimum atomic E-state index is -0.866. The van der Waals surface area contributed by atoms with Crippen LogP contribution in [0.1, 0.15) is 11.1 Å². The molecule has 2 aromatic heterocycles. The SMILES string of the molecule is Fc1cc(CCc2ccc3cc(-c4nn[nH]n4)oc3c2)cc(Br)c1F. The third-order valence-electron chi connectivity index (χ3n) is 3.90. The predicted molar refractivity (Wildman–Crippen MR) is 90.9 cm³/mol. The summed E-state index contributed by atoms with van der Waals surface area (Å²) in [5.41, 5.74) is 2.46. The number of hydrogen-bond acceptors (Lipinski definition) is 4. The van der Waals surface area contributed by atoms with E-state index in [0.29, 0.717) is 30.0 Å². The van der Waals surface area contributed by atoms with Crippen molar-refractivity contribution in [1.82, 2.24) is 20.6 Å². The van der Waals surface area contributed by atoms with Crippen molar-refractivity contribution in [3.63, 3.8) is 0 Å². The van der Waals surface area contributed by atoms with Crippen molar-refractivity contribution < 1.29 is 13.2 Å². The molecule has 126 valence electrons. The fourth-order valence-electron chi connectivity index (χ4n) is 2.65. The summed E-state index contributed by atoms with van der Waals surface area (Å²) < 4.78 is 32.7. The van der Waals surface area contributed by atoms with E-state index in [0.717, 1.165) is 16.5 Å². The third-order valence-corrected chi connectivity index (χ3v) is 4.47. The highest BCUT2D eigenvalue weighted by molar-refractivity contribution is 9.10. The maximum absolute atomic E-state index is 13.5. The molecule has 25 heavy (non-hydrogen) atoms. The van der Waals surface area contributed by atoms with E-state index in [1.807, 2.05) is 24.3 Å². The first-order valence-electron chi connectivity index (χ1n) is 7.50. The number of aromatic amines is 1. The first-order chi connectivity index (χ1) is 12.1. The molecular formula is C17H11BrF2N4O. The first-order valence-corrected chi connectivity index (χ1v) is 8.29. The van der Waals surface area contributed by atoms with Crippen molar-refractivity contribution in [2.24, 2.45) is 0 Å². The van der Waals surface area contributed by atoms with Gasteiger partial charge in [0.2, 0.25) is 5.82 Å². The van der Waals surface area contributed by atoms with Gasteiger partial charge in [0.15, 0.2) is 17.4 Å². The number of fused-ring (bicyclic) bond motifs is 1. The molecule has 0 bridgehead atoms. The monoisotopic (exact) mass is 404 g/mol. The summed E-state index contributed by atoms with van der Waals surface area (Å²) in [6.45, 7) is 0. The number of hydrogen-bond donors (Lipinski definition) is 1. The highest BCUT2D eigenvalue weighted by Gasteiger charge is 2.11. The van der Waals surface area contributed by atoms with Gasteiger partial charge in [-0.2, -0.15) is 5.21 Å². The Kier molecular flexibility index (Phi) is 4.04. The molecule has 0 aliphatic heterocycles. The van der Waals surface area contributed by atoms with Gasteiger partial charge in [-0.3, -0.25) is 0 Å². The number of tetrazole rings is 1. The molecule has 0 radical (unpaired) electrons. The fraction of sp³-hybridized carbons (Fsp3) is 0.118. The van der Waals surface area contributed by atoms with Gasteiger partial charge in [-0.15, -0.1) is 10.2 Å². The van der Waals surface area contributed by atoms with Gasteiger partial charge in [-0.25, -0.2) is 8.78 Å². The first kappa shape index (κ1) is 15.9. The van der Waals surface area contributed by atoms with Crippen LogP contribution >= 0.6 is 15.9 Å². The van der Waals surface area contributed by atoms with E-state index in [4.69, 9.17) is 4.42 Å². The summed E-state index contributed by atoms with van der Waals surface area (Å²) in [5.74, 6) is -0.791. The van der Waals surface area contributed by atoms with Crippen molar-refractivity contribution >= 4 is 26.9 Å². The summed E-state index contributed by atoms with van der Waals surface area (Å²) >= 11 is 3.03. The average Bonchev–Trinajstić information content (AvgIpc) is 3.26. The second-order valence-corrected chi connectivity index (χ2v) is 6.45. The van der Waals surface area contributed by atoms with Crippen molar-refractivity contribution in [1.29, 1.82) is 0 Å². The number of benzene rings is 2. The summed E-state index contributed by atoms with van der Waals surface area (Å²) in [6.07, 6.45) is 1.26. The lowest BCUT2D eigenvalue weighted by molar-refractivity contribution is 0.502. The van der Waals surface area contributed by atoms with E-state index < -0.39 is 11.6 Å². The lowest BCUT2D eigenvalue weighted by atomic mass is 10.0. The summed E-state index contributed by atoms with van der Waals surface area (Å²) in [7, 11) is 0. The maximum atomic E-state index is 13.5. The second-order valence-electron chi connectivity index (χ2n) is 5.59. The zero-order chi connectivity index (χ0) is 17.4. The number of nitrogens with zero attached hydrogens (tertiary/aromatic N) is 3. The number of aromatic nitrogens is 4. The van der Waals surface area contributed by atoms with Gasteiger partial charge in [-0.1, -0.05) is 12.1 Å². The molecule has 0 amide bonds. The maximum Gasteiger partial charge on any atom is 0.239 e. The Labute approximate surface area is 149 Å². The molecule has 1 N–H and O–H groups in total. The molecule has 4 rings (SSSR count). The number of halogens is 3. The highest BCUT2D eigenvalue weighted by Crippen LogP contribution is 2.27. The Balaban J connectivity index is 1.56. The number of rotatable bonds is 4. The molecule has 8 heteroatoms. The zero-order valence-electron chi connectivity index (χ0n) is 12.8. The van der Waals surface area contributed by atoms with Gasteiger partial charge in [0.25, 0.3) is 0 Å². The van der Waals surface area contributed by atoms with E-state index in [2.05, 4.69) is 36.6 Å². The van der Waals surface area contributed by atoms with Crippen molar-refractivity contribution in [2.45, 2.75) is 12.8 Å². The van der Waals surface area contributed by atoms with E-state index >= 15 is 0 Å². The Bertz CT molecular complexity index is 1020. The second kappa shape index (κ2) is 6.36. The van der Waals surface area contributed by atoms with Gasteiger partial charge in [-0.05, 0) is 69.4 Å². The molecule has 0 aliphatic rings. The van der Waals surface area contributed by atoms with Crippen molar-refractivity contribution in [2.75, 3.05) is 0 Å². The fourth-order valence-corrected chi connectivity index (χ4v) is 3.13. The Morgan fingerprint density at radius 2 is 1.88 bits per heavy atom. The Morgan fingerprint density at radius 1 is 1.04 bits per heavy atom. The summed E-state index contributed by atoms with van der Waals surface area (Å²) in [6, 6.07) is 10.5. The van der Waals surface area contributed by atoms with Gasteiger partial charge in [0, 0.05) is 5.39 Å². The molecule has 0 spiro atoms. The summed E-state index contributed by atoms with van der Waals surface area (Å²) in [5, 5.41) is 14.6. The lowest BCUT2D eigenvalue weighted by Crippen LogP contribution is -1.95. The average molecular weight is 405 g/mol. The summed E-state index contributed by atoms with van der Waals surface area (Å²) in [4.78, 5) is 0. The quantitative estimate of drug-likeness (QED) is 0.510. The zero-order valence-corrected chi connectivity index (χ0v) is 14.3. The smallest absolute Gasteiger partial charge is 0.239 e. The van der Waals surface area contributed by atoms with Crippen LogP contribution in [0.3, 0.4) is 0 Å². The van der Waals surface area contributed by atoms with Crippen LogP contribution in [0.2, 0.25) is 0 Å². The van der Waals surface area contributed by atoms with Crippen LogP contribution in [0.25, 0.3) is 22.6 Å². The Hall–Kier alpha value is -2.61. The number of aryl methyl sites for hydroxylation is 2. The van der Waals surface area contributed by atoms with Crippen molar-refractivity contribution in [3.8, 4) is 11.6 Å². The lowest BCUT2D eigenvalue weighted by Gasteiger charge is -2.05. The molecule has 0 fully saturated rings. The molecule has 0 saturated heterocycles. The van der Waals surface area contributed by atoms with Crippen LogP contribution in [-0.4, -0.2) is 20.6 Å².